The summed E-state index contributed by atoms with van der Waals surface area (Å²) in [6, 6.07) is 14.6. The van der Waals surface area contributed by atoms with Crippen molar-refractivity contribution in [1.82, 2.24) is 9.80 Å². The van der Waals surface area contributed by atoms with Crippen LogP contribution in [0.4, 0.5) is 0 Å². The van der Waals surface area contributed by atoms with Crippen molar-refractivity contribution in [3.63, 3.8) is 0 Å². The first-order chi connectivity index (χ1) is 13.1. The molecule has 3 rings (SSSR count). The Morgan fingerprint density at radius 3 is 2.00 bits per heavy atom. The lowest BCUT2D eigenvalue weighted by Crippen LogP contribution is -2.50. The van der Waals surface area contributed by atoms with Gasteiger partial charge in [-0.05, 0) is 12.1 Å². The Kier molecular flexibility index (Phi) is 6.08. The monoisotopic (exact) mass is 368 g/mol. The number of carbonyl (C=O) groups is 2. The van der Waals surface area contributed by atoms with E-state index in [9.17, 15) is 9.59 Å². The van der Waals surface area contributed by atoms with Gasteiger partial charge in [-0.15, -0.1) is 0 Å². The molecule has 1 heterocycles. The molecule has 0 atom stereocenters. The lowest BCUT2D eigenvalue weighted by molar-refractivity contribution is 0.0618. The molecule has 6 nitrogen and oxygen atoms in total. The van der Waals surface area contributed by atoms with Gasteiger partial charge >= 0.3 is 0 Å². The van der Waals surface area contributed by atoms with Gasteiger partial charge in [0, 0.05) is 31.7 Å². The zero-order valence-corrected chi connectivity index (χ0v) is 15.7. The number of ether oxygens (including phenoxy) is 2. The zero-order valence-electron chi connectivity index (χ0n) is 15.7. The van der Waals surface area contributed by atoms with Crippen LogP contribution in [0.5, 0.6) is 11.5 Å². The molecule has 1 aliphatic rings. The molecule has 0 aliphatic carbocycles. The summed E-state index contributed by atoms with van der Waals surface area (Å²) in [6.45, 7) is 2.79. The summed E-state index contributed by atoms with van der Waals surface area (Å²) < 4.78 is 10.7. The first-order valence-corrected chi connectivity index (χ1v) is 8.95. The zero-order chi connectivity index (χ0) is 19.2. The molecule has 2 aromatic carbocycles. The standard InChI is InChI=1S/C21H24N2O4/c1-26-18-9-6-10-19(27-2)20(18)21(25)23-13-11-22(12-14-23)15-17(24)16-7-4-3-5-8-16/h3-10H,11-15H2,1-2H3. The maximum absolute atomic E-state index is 13.0. The highest BCUT2D eigenvalue weighted by molar-refractivity contribution is 6.00. The SMILES string of the molecule is COc1cccc(OC)c1C(=O)N1CCN(CC(=O)c2ccccc2)CC1. The number of amides is 1. The highest BCUT2D eigenvalue weighted by atomic mass is 16.5. The molecule has 0 N–H and O–H groups in total. The van der Waals surface area contributed by atoms with E-state index >= 15 is 0 Å². The van der Waals surface area contributed by atoms with Crippen LogP contribution in [0.3, 0.4) is 0 Å². The molecule has 1 amide bonds. The van der Waals surface area contributed by atoms with Crippen LogP contribution in [0.1, 0.15) is 20.7 Å². The molecule has 0 unspecified atom stereocenters. The Morgan fingerprint density at radius 1 is 0.852 bits per heavy atom. The number of hydrogen-bond acceptors (Lipinski definition) is 5. The summed E-state index contributed by atoms with van der Waals surface area (Å²) in [5.41, 5.74) is 1.16. The van der Waals surface area contributed by atoms with Crippen LogP contribution >= 0.6 is 0 Å². The van der Waals surface area contributed by atoms with E-state index in [0.29, 0.717) is 49.8 Å². The van der Waals surface area contributed by atoms with Gasteiger partial charge in [-0.1, -0.05) is 36.4 Å². The van der Waals surface area contributed by atoms with Crippen molar-refractivity contribution in [2.45, 2.75) is 0 Å². The van der Waals surface area contributed by atoms with Gasteiger partial charge < -0.3 is 14.4 Å². The quantitative estimate of drug-likeness (QED) is 0.733. The highest BCUT2D eigenvalue weighted by Gasteiger charge is 2.27. The van der Waals surface area contributed by atoms with Crippen LogP contribution in [0.2, 0.25) is 0 Å². The summed E-state index contributed by atoms with van der Waals surface area (Å²) in [5, 5.41) is 0. The van der Waals surface area contributed by atoms with Gasteiger partial charge in [0.15, 0.2) is 5.78 Å². The van der Waals surface area contributed by atoms with E-state index in [-0.39, 0.29) is 11.7 Å². The third kappa shape index (κ3) is 4.28. The Balaban J connectivity index is 1.63. The van der Waals surface area contributed by atoms with Crippen molar-refractivity contribution < 1.29 is 19.1 Å². The Morgan fingerprint density at radius 2 is 1.44 bits per heavy atom. The summed E-state index contributed by atoms with van der Waals surface area (Å²) >= 11 is 0. The van der Waals surface area contributed by atoms with Crippen molar-refractivity contribution >= 4 is 11.7 Å². The number of nitrogens with zero attached hydrogens (tertiary/aromatic N) is 2. The second kappa shape index (κ2) is 8.68. The normalized spacial score (nSPS) is 14.7. The fourth-order valence-corrected chi connectivity index (χ4v) is 3.25. The molecule has 0 radical (unpaired) electrons. The van der Waals surface area contributed by atoms with Crippen molar-refractivity contribution in [3.05, 3.63) is 59.7 Å². The fourth-order valence-electron chi connectivity index (χ4n) is 3.25. The number of hydrogen-bond donors (Lipinski definition) is 0. The lowest BCUT2D eigenvalue weighted by Gasteiger charge is -2.34. The molecule has 1 aliphatic heterocycles. The van der Waals surface area contributed by atoms with Gasteiger partial charge in [-0.3, -0.25) is 14.5 Å². The van der Waals surface area contributed by atoms with E-state index < -0.39 is 0 Å². The fraction of sp³-hybridized carbons (Fsp3) is 0.333. The number of carbonyl (C=O) groups excluding carboxylic acids is 2. The number of methoxy groups -OCH3 is 2. The minimum absolute atomic E-state index is 0.0989. The predicted octanol–water partition coefficient (Wildman–Crippen LogP) is 2.34. The van der Waals surface area contributed by atoms with Gasteiger partial charge in [0.05, 0.1) is 20.8 Å². The first-order valence-electron chi connectivity index (χ1n) is 8.95. The predicted molar refractivity (Wildman–Crippen MR) is 103 cm³/mol. The van der Waals surface area contributed by atoms with Crippen molar-refractivity contribution in [2.24, 2.45) is 0 Å². The number of ketones is 1. The van der Waals surface area contributed by atoms with Crippen molar-refractivity contribution in [3.8, 4) is 11.5 Å². The van der Waals surface area contributed by atoms with E-state index in [2.05, 4.69) is 4.90 Å². The largest absolute Gasteiger partial charge is 0.496 e. The van der Waals surface area contributed by atoms with E-state index in [1.807, 2.05) is 30.3 Å². The topological polar surface area (TPSA) is 59.1 Å². The lowest BCUT2D eigenvalue weighted by atomic mass is 10.1. The summed E-state index contributed by atoms with van der Waals surface area (Å²) in [4.78, 5) is 29.2. The van der Waals surface area contributed by atoms with Gasteiger partial charge in [0.2, 0.25) is 0 Å². The third-order valence-electron chi connectivity index (χ3n) is 4.76. The molecule has 2 aromatic rings. The number of benzene rings is 2. The second-order valence-electron chi connectivity index (χ2n) is 6.40. The average molecular weight is 368 g/mol. The Labute approximate surface area is 159 Å². The Bertz CT molecular complexity index is 777. The molecule has 27 heavy (non-hydrogen) atoms. The Hall–Kier alpha value is -2.86. The maximum Gasteiger partial charge on any atom is 0.261 e. The maximum atomic E-state index is 13.0. The molecular weight excluding hydrogens is 344 g/mol. The number of Topliss-reactive ketones (excluding diaryl/α,β-unsaturated/α-hetero) is 1. The second-order valence-corrected chi connectivity index (χ2v) is 6.40. The van der Waals surface area contributed by atoms with Gasteiger partial charge in [-0.25, -0.2) is 0 Å². The minimum Gasteiger partial charge on any atom is -0.496 e. The van der Waals surface area contributed by atoms with Gasteiger partial charge in [-0.2, -0.15) is 0 Å². The van der Waals surface area contributed by atoms with Crippen LogP contribution in [-0.2, 0) is 0 Å². The third-order valence-corrected chi connectivity index (χ3v) is 4.76. The van der Waals surface area contributed by atoms with E-state index in [1.165, 1.54) is 0 Å². The molecule has 0 bridgehead atoms. The summed E-state index contributed by atoms with van der Waals surface area (Å²) in [7, 11) is 3.08. The first kappa shape index (κ1) is 18.9. The molecule has 0 aromatic heterocycles. The van der Waals surface area contributed by atoms with Gasteiger partial charge in [0.25, 0.3) is 5.91 Å². The summed E-state index contributed by atoms with van der Waals surface area (Å²) in [5.74, 6) is 0.988. The van der Waals surface area contributed by atoms with Crippen LogP contribution in [0.25, 0.3) is 0 Å². The summed E-state index contributed by atoms with van der Waals surface area (Å²) in [6.07, 6.45) is 0. The highest BCUT2D eigenvalue weighted by Crippen LogP contribution is 2.29. The van der Waals surface area contributed by atoms with Crippen molar-refractivity contribution in [1.29, 1.82) is 0 Å². The van der Waals surface area contributed by atoms with E-state index in [1.54, 1.807) is 37.3 Å². The van der Waals surface area contributed by atoms with E-state index in [0.717, 1.165) is 5.56 Å². The average Bonchev–Trinajstić information content (AvgIpc) is 2.73. The van der Waals surface area contributed by atoms with E-state index in [4.69, 9.17) is 9.47 Å². The van der Waals surface area contributed by atoms with Crippen LogP contribution < -0.4 is 9.47 Å². The van der Waals surface area contributed by atoms with Gasteiger partial charge in [0.1, 0.15) is 17.1 Å². The molecule has 1 saturated heterocycles. The number of rotatable bonds is 6. The molecule has 142 valence electrons. The van der Waals surface area contributed by atoms with Crippen molar-refractivity contribution in [2.75, 3.05) is 46.9 Å². The van der Waals surface area contributed by atoms with Crippen LogP contribution in [-0.4, -0.2) is 68.4 Å². The molecule has 0 saturated carbocycles. The molecule has 1 fully saturated rings. The van der Waals surface area contributed by atoms with Crippen LogP contribution in [0.15, 0.2) is 48.5 Å². The molecular formula is C21H24N2O4. The molecule has 0 spiro atoms. The smallest absolute Gasteiger partial charge is 0.261 e. The van der Waals surface area contributed by atoms with Crippen LogP contribution in [0, 0.1) is 0 Å². The minimum atomic E-state index is -0.113. The number of piperazine rings is 1. The molecule has 6 heteroatoms.